The van der Waals surface area contributed by atoms with Gasteiger partial charge >= 0.3 is 0 Å². The molecular weight excluding hydrogens is 264 g/mol. The Kier molecular flexibility index (Phi) is 4.15. The second kappa shape index (κ2) is 6.06. The lowest BCUT2D eigenvalue weighted by Crippen LogP contribution is -2.47. The predicted molar refractivity (Wildman–Crippen MR) is 82.1 cm³/mol. The van der Waals surface area contributed by atoms with Crippen molar-refractivity contribution in [2.45, 2.75) is 32.2 Å². The Morgan fingerprint density at radius 2 is 2.19 bits per heavy atom. The molecule has 1 heterocycles. The van der Waals surface area contributed by atoms with Gasteiger partial charge in [0.25, 0.3) is 0 Å². The van der Waals surface area contributed by atoms with Crippen LogP contribution >= 0.6 is 0 Å². The van der Waals surface area contributed by atoms with Crippen LogP contribution in [0.3, 0.4) is 0 Å². The van der Waals surface area contributed by atoms with Gasteiger partial charge in [-0.2, -0.15) is 0 Å². The summed E-state index contributed by atoms with van der Waals surface area (Å²) in [6, 6.07) is 7.87. The molecule has 4 heteroatoms. The highest BCUT2D eigenvalue weighted by Crippen LogP contribution is 2.43. The van der Waals surface area contributed by atoms with E-state index in [1.54, 1.807) is 7.11 Å². The first-order chi connectivity index (χ1) is 10.2. The number of carbonyl (C=O) groups is 1. The second-order valence-electron chi connectivity index (χ2n) is 6.26. The van der Waals surface area contributed by atoms with E-state index in [1.807, 2.05) is 24.3 Å². The summed E-state index contributed by atoms with van der Waals surface area (Å²) in [4.78, 5) is 12.7. The fraction of sp³-hybridized carbons (Fsp3) is 0.588. The summed E-state index contributed by atoms with van der Waals surface area (Å²) in [5, 5.41) is 6.57. The van der Waals surface area contributed by atoms with Crippen LogP contribution in [0.4, 0.5) is 0 Å². The molecule has 1 amide bonds. The molecule has 1 aromatic carbocycles. The average molecular weight is 288 g/mol. The van der Waals surface area contributed by atoms with Crippen molar-refractivity contribution in [3.05, 3.63) is 29.8 Å². The lowest BCUT2D eigenvalue weighted by atomic mass is 9.67. The van der Waals surface area contributed by atoms with Gasteiger partial charge in [0.15, 0.2) is 0 Å². The number of methoxy groups -OCH3 is 1. The maximum absolute atomic E-state index is 12.7. The number of ether oxygens (including phenoxy) is 1. The Labute approximate surface area is 126 Å². The average Bonchev–Trinajstić information content (AvgIpc) is 2.98. The van der Waals surface area contributed by atoms with Gasteiger partial charge in [-0.05, 0) is 43.0 Å². The zero-order valence-corrected chi connectivity index (χ0v) is 12.7. The first kappa shape index (κ1) is 14.4. The summed E-state index contributed by atoms with van der Waals surface area (Å²) < 4.78 is 5.15. The van der Waals surface area contributed by atoms with Crippen molar-refractivity contribution in [1.82, 2.24) is 10.6 Å². The largest absolute Gasteiger partial charge is 0.497 e. The zero-order chi connectivity index (χ0) is 14.7. The van der Waals surface area contributed by atoms with Crippen molar-refractivity contribution >= 4 is 5.91 Å². The molecule has 2 fully saturated rings. The summed E-state index contributed by atoms with van der Waals surface area (Å²) in [6.45, 7) is 2.43. The minimum Gasteiger partial charge on any atom is -0.497 e. The van der Waals surface area contributed by atoms with Gasteiger partial charge in [-0.1, -0.05) is 25.0 Å². The van der Waals surface area contributed by atoms with Crippen LogP contribution in [-0.2, 0) is 11.3 Å². The standard InChI is InChI=1S/C17H24N2O2/c1-21-15-7-5-13(6-8-15)10-19-16(20)17-9-3-2-4-14(17)11-18-12-17/h5-8,14,18H,2-4,9-12H2,1H3,(H,19,20)/t14-,17+/m0/s1. The molecule has 1 aliphatic carbocycles. The first-order valence-electron chi connectivity index (χ1n) is 7.86. The number of amides is 1. The van der Waals surface area contributed by atoms with Crippen LogP contribution in [0, 0.1) is 11.3 Å². The third kappa shape index (κ3) is 2.77. The van der Waals surface area contributed by atoms with Crippen molar-refractivity contribution < 1.29 is 9.53 Å². The van der Waals surface area contributed by atoms with Crippen molar-refractivity contribution in [3.8, 4) is 5.75 Å². The van der Waals surface area contributed by atoms with Crippen LogP contribution in [0.15, 0.2) is 24.3 Å². The Hall–Kier alpha value is -1.55. The van der Waals surface area contributed by atoms with Crippen LogP contribution in [0.25, 0.3) is 0 Å². The molecule has 2 atom stereocenters. The summed E-state index contributed by atoms with van der Waals surface area (Å²) in [5.74, 6) is 1.59. The minimum absolute atomic E-state index is 0.162. The molecule has 0 radical (unpaired) electrons. The number of fused-ring (bicyclic) bond motifs is 1. The third-order valence-corrected chi connectivity index (χ3v) is 5.10. The van der Waals surface area contributed by atoms with Gasteiger partial charge in [-0.3, -0.25) is 4.79 Å². The van der Waals surface area contributed by atoms with Gasteiger partial charge in [0.05, 0.1) is 12.5 Å². The zero-order valence-electron chi connectivity index (χ0n) is 12.7. The molecule has 0 spiro atoms. The van der Waals surface area contributed by atoms with E-state index in [0.717, 1.165) is 30.8 Å². The van der Waals surface area contributed by atoms with E-state index in [4.69, 9.17) is 4.74 Å². The smallest absolute Gasteiger partial charge is 0.228 e. The summed E-state index contributed by atoms with van der Waals surface area (Å²) in [6.07, 6.45) is 4.65. The lowest BCUT2D eigenvalue weighted by Gasteiger charge is -2.37. The topological polar surface area (TPSA) is 50.4 Å². The molecule has 0 aromatic heterocycles. The van der Waals surface area contributed by atoms with E-state index in [2.05, 4.69) is 10.6 Å². The van der Waals surface area contributed by atoms with Crippen molar-refractivity contribution in [3.63, 3.8) is 0 Å². The third-order valence-electron chi connectivity index (χ3n) is 5.10. The number of rotatable bonds is 4. The minimum atomic E-state index is -0.162. The van der Waals surface area contributed by atoms with Crippen LogP contribution in [0.2, 0.25) is 0 Å². The number of hydrogen-bond acceptors (Lipinski definition) is 3. The number of hydrogen-bond donors (Lipinski definition) is 2. The normalized spacial score (nSPS) is 28.0. The van der Waals surface area contributed by atoms with Gasteiger partial charge < -0.3 is 15.4 Å². The molecule has 21 heavy (non-hydrogen) atoms. The first-order valence-corrected chi connectivity index (χ1v) is 7.86. The SMILES string of the molecule is COc1ccc(CNC(=O)[C@@]23CCCC[C@H]2CNC3)cc1. The van der Waals surface area contributed by atoms with Gasteiger partial charge in [0.1, 0.15) is 5.75 Å². The highest BCUT2D eigenvalue weighted by atomic mass is 16.5. The number of carbonyl (C=O) groups excluding carboxylic acids is 1. The van der Waals surface area contributed by atoms with Gasteiger partial charge in [-0.15, -0.1) is 0 Å². The molecule has 2 aliphatic rings. The number of benzene rings is 1. The fourth-order valence-corrected chi connectivity index (χ4v) is 3.79. The Bertz CT molecular complexity index is 500. The summed E-state index contributed by atoms with van der Waals surface area (Å²) >= 11 is 0. The lowest BCUT2D eigenvalue weighted by molar-refractivity contribution is -0.134. The van der Waals surface area contributed by atoms with Crippen molar-refractivity contribution in [2.24, 2.45) is 11.3 Å². The molecule has 0 bridgehead atoms. The number of nitrogens with one attached hydrogen (secondary N) is 2. The molecule has 3 rings (SSSR count). The molecular formula is C17H24N2O2. The highest BCUT2D eigenvalue weighted by molar-refractivity contribution is 5.83. The monoisotopic (exact) mass is 288 g/mol. The molecule has 0 unspecified atom stereocenters. The van der Waals surface area contributed by atoms with Crippen LogP contribution < -0.4 is 15.4 Å². The summed E-state index contributed by atoms with van der Waals surface area (Å²) in [7, 11) is 1.66. The van der Waals surface area contributed by atoms with Crippen molar-refractivity contribution in [1.29, 1.82) is 0 Å². The van der Waals surface area contributed by atoms with Gasteiger partial charge in [0.2, 0.25) is 5.91 Å². The molecule has 1 aliphatic heterocycles. The predicted octanol–water partition coefficient (Wildman–Crippen LogP) is 2.09. The van der Waals surface area contributed by atoms with E-state index in [1.165, 1.54) is 19.3 Å². The quantitative estimate of drug-likeness (QED) is 0.892. The van der Waals surface area contributed by atoms with Gasteiger partial charge in [0, 0.05) is 13.1 Å². The maximum atomic E-state index is 12.7. The molecule has 114 valence electrons. The molecule has 1 saturated carbocycles. The van der Waals surface area contributed by atoms with Gasteiger partial charge in [-0.25, -0.2) is 0 Å². The van der Waals surface area contributed by atoms with E-state index >= 15 is 0 Å². The van der Waals surface area contributed by atoms with Crippen LogP contribution in [0.1, 0.15) is 31.2 Å². The molecule has 4 nitrogen and oxygen atoms in total. The Morgan fingerprint density at radius 3 is 2.95 bits per heavy atom. The molecule has 1 aromatic rings. The van der Waals surface area contributed by atoms with E-state index in [9.17, 15) is 4.79 Å². The van der Waals surface area contributed by atoms with Crippen molar-refractivity contribution in [2.75, 3.05) is 20.2 Å². The van der Waals surface area contributed by atoms with E-state index in [-0.39, 0.29) is 11.3 Å². The van der Waals surface area contributed by atoms with Crippen LogP contribution in [-0.4, -0.2) is 26.1 Å². The highest BCUT2D eigenvalue weighted by Gasteiger charge is 2.49. The Balaban J connectivity index is 1.62. The second-order valence-corrected chi connectivity index (χ2v) is 6.26. The van der Waals surface area contributed by atoms with Crippen LogP contribution in [0.5, 0.6) is 5.75 Å². The molecule has 1 saturated heterocycles. The maximum Gasteiger partial charge on any atom is 0.228 e. The Morgan fingerprint density at radius 1 is 1.38 bits per heavy atom. The van der Waals surface area contributed by atoms with E-state index in [0.29, 0.717) is 12.5 Å². The summed E-state index contributed by atoms with van der Waals surface area (Å²) in [5.41, 5.74) is 0.948. The van der Waals surface area contributed by atoms with E-state index < -0.39 is 0 Å². The molecule has 2 N–H and O–H groups in total. The fourth-order valence-electron chi connectivity index (χ4n) is 3.79.